The Morgan fingerprint density at radius 3 is 2.35 bits per heavy atom. The molecule has 20 heavy (non-hydrogen) atoms. The van der Waals surface area contributed by atoms with Crippen LogP contribution in [-0.4, -0.2) is 10.9 Å². The highest BCUT2D eigenvalue weighted by molar-refractivity contribution is 9.10. The molecule has 0 atom stereocenters. The number of thiocarbonyl (C=S) groups is 1. The minimum absolute atomic E-state index is 0.0543. The Kier molecular flexibility index (Phi) is 5.59. The molecule has 0 heterocycles. The van der Waals surface area contributed by atoms with Crippen molar-refractivity contribution in [2.45, 2.75) is 26.7 Å². The van der Waals surface area contributed by atoms with Crippen LogP contribution in [-0.2, 0) is 4.79 Å². The summed E-state index contributed by atoms with van der Waals surface area (Å²) in [5.41, 5.74) is 4.48. The fraction of sp³-hybridized carbons (Fsp3) is 0.385. The highest BCUT2D eigenvalue weighted by Gasteiger charge is 2.38. The first-order chi connectivity index (χ1) is 9.28. The van der Waals surface area contributed by atoms with Gasteiger partial charge in [0.1, 0.15) is 5.82 Å². The lowest BCUT2D eigenvalue weighted by Crippen LogP contribution is -2.45. The molecule has 110 valence electrons. The van der Waals surface area contributed by atoms with Crippen molar-refractivity contribution < 1.29 is 13.6 Å². The van der Waals surface area contributed by atoms with E-state index in [1.807, 2.05) is 0 Å². The van der Waals surface area contributed by atoms with Gasteiger partial charge in [0, 0.05) is 10.5 Å². The van der Waals surface area contributed by atoms with E-state index in [0.29, 0.717) is 18.9 Å². The molecule has 0 aromatic heterocycles. The van der Waals surface area contributed by atoms with Crippen LogP contribution in [0.25, 0.3) is 0 Å². The summed E-state index contributed by atoms with van der Waals surface area (Å²) in [6.45, 7) is 3.55. The Morgan fingerprint density at radius 1 is 1.40 bits per heavy atom. The Balaban J connectivity index is 3.16. The van der Waals surface area contributed by atoms with Crippen LogP contribution in [0.4, 0.5) is 14.5 Å². The van der Waals surface area contributed by atoms with Crippen molar-refractivity contribution in [1.29, 1.82) is 0 Å². The summed E-state index contributed by atoms with van der Waals surface area (Å²) in [5.74, 6) is -2.10. The molecule has 0 saturated carbocycles. The van der Waals surface area contributed by atoms with Crippen molar-refractivity contribution in [3.05, 3.63) is 28.2 Å². The highest BCUT2D eigenvalue weighted by Crippen LogP contribution is 2.32. The predicted octanol–water partition coefficient (Wildman–Crippen LogP) is 3.76. The van der Waals surface area contributed by atoms with Gasteiger partial charge in [0.15, 0.2) is 5.82 Å². The first-order valence-corrected chi connectivity index (χ1v) is 7.24. The minimum atomic E-state index is -1.05. The Labute approximate surface area is 130 Å². The van der Waals surface area contributed by atoms with E-state index in [2.05, 4.69) is 21.2 Å². The highest BCUT2D eigenvalue weighted by atomic mass is 79.9. The van der Waals surface area contributed by atoms with E-state index in [-0.39, 0.29) is 15.1 Å². The number of rotatable bonds is 5. The third-order valence-corrected chi connectivity index (χ3v) is 4.37. The molecule has 1 aromatic rings. The lowest BCUT2D eigenvalue weighted by molar-refractivity contribution is -0.122. The minimum Gasteiger partial charge on any atom is -0.392 e. The number of carbonyl (C=O) groups is 1. The molecule has 0 aliphatic carbocycles. The van der Waals surface area contributed by atoms with Crippen LogP contribution >= 0.6 is 28.1 Å². The van der Waals surface area contributed by atoms with Crippen LogP contribution in [0, 0.1) is 17.0 Å². The number of benzene rings is 1. The summed E-state index contributed by atoms with van der Waals surface area (Å²) in [6, 6.07) is 1.76. The van der Waals surface area contributed by atoms with Crippen LogP contribution in [0.1, 0.15) is 26.7 Å². The van der Waals surface area contributed by atoms with Crippen molar-refractivity contribution in [3.63, 3.8) is 0 Å². The summed E-state index contributed by atoms with van der Waals surface area (Å²) in [5, 5.41) is 2.43. The summed E-state index contributed by atoms with van der Waals surface area (Å²) in [6.07, 6.45) is 0.788. The van der Waals surface area contributed by atoms with Crippen molar-refractivity contribution in [3.8, 4) is 0 Å². The van der Waals surface area contributed by atoms with E-state index in [0.717, 1.165) is 6.07 Å². The van der Waals surface area contributed by atoms with Crippen molar-refractivity contribution >= 4 is 44.7 Å². The van der Waals surface area contributed by atoms with Crippen molar-refractivity contribution in [2.24, 2.45) is 11.1 Å². The Hall–Kier alpha value is -1.08. The van der Waals surface area contributed by atoms with Gasteiger partial charge in [-0.05, 0) is 34.8 Å². The average molecular weight is 365 g/mol. The first kappa shape index (κ1) is 17.0. The maximum atomic E-state index is 13.7. The molecule has 0 aliphatic heterocycles. The van der Waals surface area contributed by atoms with Gasteiger partial charge < -0.3 is 11.1 Å². The van der Waals surface area contributed by atoms with E-state index in [1.165, 1.54) is 0 Å². The number of nitrogens with two attached hydrogens (primary N) is 1. The molecule has 0 fully saturated rings. The normalized spacial score (nSPS) is 11.2. The number of anilines is 1. The molecule has 0 radical (unpaired) electrons. The van der Waals surface area contributed by atoms with E-state index in [4.69, 9.17) is 18.0 Å². The number of nitrogens with one attached hydrogen (secondary N) is 1. The second-order valence-corrected chi connectivity index (χ2v) is 5.65. The topological polar surface area (TPSA) is 55.1 Å². The molecule has 0 spiro atoms. The standard InChI is InChI=1S/C13H15BrF2N2OS/c1-3-13(4-2,11(17)20)12(19)18-10-8(14)5-7(15)6-9(10)16/h5-6H,3-4H2,1-2H3,(H2,17,20)(H,18,19). The lowest BCUT2D eigenvalue weighted by Gasteiger charge is -2.29. The zero-order chi connectivity index (χ0) is 15.5. The van der Waals surface area contributed by atoms with E-state index >= 15 is 0 Å². The van der Waals surface area contributed by atoms with Crippen LogP contribution in [0.5, 0.6) is 0 Å². The van der Waals surface area contributed by atoms with Gasteiger partial charge in [-0.15, -0.1) is 0 Å². The van der Waals surface area contributed by atoms with Gasteiger partial charge in [-0.25, -0.2) is 8.78 Å². The summed E-state index contributed by atoms with van der Waals surface area (Å²) in [7, 11) is 0. The van der Waals surface area contributed by atoms with Crippen LogP contribution in [0.3, 0.4) is 0 Å². The third-order valence-electron chi connectivity index (χ3n) is 3.36. The molecular formula is C13H15BrF2N2OS. The number of amides is 1. The summed E-state index contributed by atoms with van der Waals surface area (Å²) < 4.78 is 26.9. The Bertz CT molecular complexity index is 524. The zero-order valence-electron chi connectivity index (χ0n) is 11.1. The van der Waals surface area contributed by atoms with E-state index in [9.17, 15) is 13.6 Å². The molecule has 3 N–H and O–H groups in total. The van der Waals surface area contributed by atoms with Gasteiger partial charge in [-0.2, -0.15) is 0 Å². The fourth-order valence-electron chi connectivity index (χ4n) is 1.93. The van der Waals surface area contributed by atoms with Gasteiger partial charge in [0.2, 0.25) is 5.91 Å². The van der Waals surface area contributed by atoms with Crippen LogP contribution in [0.15, 0.2) is 16.6 Å². The van der Waals surface area contributed by atoms with Gasteiger partial charge in [0.25, 0.3) is 0 Å². The molecule has 0 unspecified atom stereocenters. The van der Waals surface area contributed by atoms with Crippen LogP contribution < -0.4 is 11.1 Å². The molecular weight excluding hydrogens is 350 g/mol. The van der Waals surface area contributed by atoms with Gasteiger partial charge >= 0.3 is 0 Å². The second-order valence-electron chi connectivity index (χ2n) is 4.35. The first-order valence-electron chi connectivity index (χ1n) is 6.04. The molecule has 1 rings (SSSR count). The smallest absolute Gasteiger partial charge is 0.237 e. The quantitative estimate of drug-likeness (QED) is 0.782. The number of carbonyl (C=O) groups excluding carboxylic acids is 1. The lowest BCUT2D eigenvalue weighted by atomic mass is 9.81. The van der Waals surface area contributed by atoms with Crippen molar-refractivity contribution in [2.75, 3.05) is 5.32 Å². The van der Waals surface area contributed by atoms with E-state index < -0.39 is 23.0 Å². The molecule has 0 saturated heterocycles. The van der Waals surface area contributed by atoms with Gasteiger partial charge in [0.05, 0.1) is 16.1 Å². The number of hydrogen-bond donors (Lipinski definition) is 2. The largest absolute Gasteiger partial charge is 0.392 e. The predicted molar refractivity (Wildman–Crippen MR) is 82.5 cm³/mol. The molecule has 7 heteroatoms. The molecule has 3 nitrogen and oxygen atoms in total. The number of halogens is 3. The molecule has 1 aromatic carbocycles. The molecule has 1 amide bonds. The summed E-state index contributed by atoms with van der Waals surface area (Å²) in [4.78, 5) is 12.4. The molecule has 0 bridgehead atoms. The van der Waals surface area contributed by atoms with Gasteiger partial charge in [-0.1, -0.05) is 26.1 Å². The maximum Gasteiger partial charge on any atom is 0.237 e. The molecule has 0 aliphatic rings. The fourth-order valence-corrected chi connectivity index (χ4v) is 2.81. The SMILES string of the molecule is CCC(CC)(C(=O)Nc1c(F)cc(F)cc1Br)C(N)=S. The second kappa shape index (κ2) is 6.58. The van der Waals surface area contributed by atoms with Crippen molar-refractivity contribution in [1.82, 2.24) is 0 Å². The van der Waals surface area contributed by atoms with E-state index in [1.54, 1.807) is 13.8 Å². The Morgan fingerprint density at radius 2 is 1.95 bits per heavy atom. The van der Waals surface area contributed by atoms with Gasteiger partial charge in [-0.3, -0.25) is 4.79 Å². The summed E-state index contributed by atoms with van der Waals surface area (Å²) >= 11 is 7.97. The third kappa shape index (κ3) is 3.15. The van der Waals surface area contributed by atoms with Crippen LogP contribution in [0.2, 0.25) is 0 Å². The average Bonchev–Trinajstić information content (AvgIpc) is 2.35. The maximum absolute atomic E-state index is 13.7. The monoisotopic (exact) mass is 364 g/mol. The zero-order valence-corrected chi connectivity index (χ0v) is 13.5. The number of hydrogen-bond acceptors (Lipinski definition) is 2.